The summed E-state index contributed by atoms with van der Waals surface area (Å²) in [5.74, 6) is 0.692. The van der Waals surface area contributed by atoms with Crippen molar-refractivity contribution in [3.63, 3.8) is 0 Å². The molecule has 2 heteroatoms. The van der Waals surface area contributed by atoms with Crippen LogP contribution in [0.15, 0.2) is 18.2 Å². The van der Waals surface area contributed by atoms with E-state index in [4.69, 9.17) is 0 Å². The molecule has 0 amide bonds. The Hall–Kier alpha value is -1.02. The van der Waals surface area contributed by atoms with Crippen molar-refractivity contribution in [1.82, 2.24) is 5.32 Å². The fourth-order valence-electron chi connectivity index (χ4n) is 3.25. The Labute approximate surface area is 124 Å². The topological polar surface area (TPSA) is 15.3 Å². The molecule has 1 aliphatic heterocycles. The van der Waals surface area contributed by atoms with Crippen LogP contribution in [0.3, 0.4) is 0 Å². The van der Waals surface area contributed by atoms with Crippen molar-refractivity contribution in [3.8, 4) is 0 Å². The zero-order valence-corrected chi connectivity index (χ0v) is 13.7. The number of benzene rings is 1. The maximum atomic E-state index is 3.72. The van der Waals surface area contributed by atoms with Crippen molar-refractivity contribution in [3.05, 3.63) is 29.3 Å². The number of anilines is 1. The van der Waals surface area contributed by atoms with Gasteiger partial charge in [0, 0.05) is 24.3 Å². The minimum Gasteiger partial charge on any atom is -0.368 e. The summed E-state index contributed by atoms with van der Waals surface area (Å²) >= 11 is 0. The van der Waals surface area contributed by atoms with Crippen molar-refractivity contribution in [1.29, 1.82) is 0 Å². The highest BCUT2D eigenvalue weighted by molar-refractivity contribution is 5.52. The molecule has 20 heavy (non-hydrogen) atoms. The molecule has 0 saturated carbocycles. The van der Waals surface area contributed by atoms with Gasteiger partial charge < -0.3 is 10.2 Å². The summed E-state index contributed by atoms with van der Waals surface area (Å²) in [6, 6.07) is 8.15. The second-order valence-electron chi connectivity index (χ2n) is 6.41. The first-order valence-electron chi connectivity index (χ1n) is 8.12. The lowest BCUT2D eigenvalue weighted by molar-refractivity contribution is 0.271. The molecule has 1 aliphatic rings. The van der Waals surface area contributed by atoms with Crippen molar-refractivity contribution in [2.45, 2.75) is 59.5 Å². The van der Waals surface area contributed by atoms with Gasteiger partial charge in [0.1, 0.15) is 0 Å². The van der Waals surface area contributed by atoms with Gasteiger partial charge in [-0.05, 0) is 69.3 Å². The van der Waals surface area contributed by atoms with Crippen LogP contribution in [0, 0.1) is 19.8 Å². The summed E-state index contributed by atoms with van der Waals surface area (Å²) in [6.45, 7) is 13.7. The van der Waals surface area contributed by atoms with Gasteiger partial charge in [0.05, 0.1) is 0 Å². The number of hydrogen-bond donors (Lipinski definition) is 1. The van der Waals surface area contributed by atoms with Crippen molar-refractivity contribution < 1.29 is 0 Å². The number of nitrogens with one attached hydrogen (secondary N) is 1. The third-order valence-electron chi connectivity index (χ3n) is 5.05. The van der Waals surface area contributed by atoms with E-state index in [1.807, 2.05) is 0 Å². The van der Waals surface area contributed by atoms with E-state index in [0.29, 0.717) is 18.0 Å². The van der Waals surface area contributed by atoms with E-state index in [-0.39, 0.29) is 0 Å². The van der Waals surface area contributed by atoms with Gasteiger partial charge in [-0.3, -0.25) is 0 Å². The summed E-state index contributed by atoms with van der Waals surface area (Å²) < 4.78 is 0. The van der Waals surface area contributed by atoms with E-state index in [2.05, 4.69) is 63.0 Å². The molecule has 1 saturated heterocycles. The molecule has 3 atom stereocenters. The molecule has 0 aliphatic carbocycles. The Kier molecular flexibility index (Phi) is 5.09. The Morgan fingerprint density at radius 1 is 1.20 bits per heavy atom. The van der Waals surface area contributed by atoms with E-state index in [1.165, 1.54) is 29.7 Å². The summed E-state index contributed by atoms with van der Waals surface area (Å²) in [6.07, 6.45) is 2.47. The quantitative estimate of drug-likeness (QED) is 0.895. The van der Waals surface area contributed by atoms with Gasteiger partial charge >= 0.3 is 0 Å². The molecule has 1 aromatic rings. The fourth-order valence-corrected chi connectivity index (χ4v) is 3.25. The highest BCUT2D eigenvalue weighted by Gasteiger charge is 2.32. The molecule has 0 radical (unpaired) electrons. The van der Waals surface area contributed by atoms with Crippen LogP contribution in [0.25, 0.3) is 0 Å². The van der Waals surface area contributed by atoms with Crippen LogP contribution in [0.4, 0.5) is 5.69 Å². The SMILES string of the molecule is CCCNC1CCN(c2ccc(C)c(C)c2)C(C)C1C. The van der Waals surface area contributed by atoms with Crippen molar-refractivity contribution in [2.24, 2.45) is 5.92 Å². The number of hydrogen-bond acceptors (Lipinski definition) is 2. The Bertz CT molecular complexity index is 441. The van der Waals surface area contributed by atoms with Gasteiger partial charge in [0.15, 0.2) is 0 Å². The fraction of sp³-hybridized carbons (Fsp3) is 0.667. The molecule has 0 bridgehead atoms. The molecule has 2 nitrogen and oxygen atoms in total. The molecule has 1 fully saturated rings. The van der Waals surface area contributed by atoms with Crippen molar-refractivity contribution in [2.75, 3.05) is 18.0 Å². The lowest BCUT2D eigenvalue weighted by Crippen LogP contribution is -2.53. The molecule has 0 spiro atoms. The number of aryl methyl sites for hydroxylation is 2. The second-order valence-corrected chi connectivity index (χ2v) is 6.41. The number of nitrogens with zero attached hydrogens (tertiary/aromatic N) is 1. The third kappa shape index (κ3) is 3.17. The molecule has 1 aromatic carbocycles. The van der Waals surface area contributed by atoms with E-state index < -0.39 is 0 Å². The summed E-state index contributed by atoms with van der Waals surface area (Å²) in [5, 5.41) is 3.72. The molecular formula is C18H30N2. The summed E-state index contributed by atoms with van der Waals surface area (Å²) in [5.41, 5.74) is 4.17. The maximum Gasteiger partial charge on any atom is 0.0371 e. The number of piperidine rings is 1. The van der Waals surface area contributed by atoms with Gasteiger partial charge in [0.2, 0.25) is 0 Å². The van der Waals surface area contributed by atoms with Crippen LogP contribution in [0.2, 0.25) is 0 Å². The molecule has 2 rings (SSSR count). The monoisotopic (exact) mass is 274 g/mol. The van der Waals surface area contributed by atoms with E-state index >= 15 is 0 Å². The molecule has 1 N–H and O–H groups in total. The van der Waals surface area contributed by atoms with Crippen LogP contribution < -0.4 is 10.2 Å². The lowest BCUT2D eigenvalue weighted by Gasteiger charge is -2.44. The van der Waals surface area contributed by atoms with E-state index in [9.17, 15) is 0 Å². The van der Waals surface area contributed by atoms with Gasteiger partial charge in [-0.25, -0.2) is 0 Å². The van der Waals surface area contributed by atoms with Gasteiger partial charge in [0.25, 0.3) is 0 Å². The van der Waals surface area contributed by atoms with Crippen LogP contribution in [-0.2, 0) is 0 Å². The number of rotatable bonds is 4. The highest BCUT2D eigenvalue weighted by Crippen LogP contribution is 2.29. The minimum absolute atomic E-state index is 0.597. The van der Waals surface area contributed by atoms with Crippen molar-refractivity contribution >= 4 is 5.69 Å². The third-order valence-corrected chi connectivity index (χ3v) is 5.05. The molecule has 112 valence electrons. The van der Waals surface area contributed by atoms with Gasteiger partial charge in [-0.1, -0.05) is 19.9 Å². The van der Waals surface area contributed by atoms with Crippen LogP contribution >= 0.6 is 0 Å². The predicted molar refractivity (Wildman–Crippen MR) is 88.6 cm³/mol. The zero-order valence-electron chi connectivity index (χ0n) is 13.7. The predicted octanol–water partition coefficient (Wildman–Crippen LogP) is 3.91. The molecule has 1 heterocycles. The zero-order chi connectivity index (χ0) is 14.7. The maximum absolute atomic E-state index is 3.72. The average molecular weight is 274 g/mol. The molecule has 0 aromatic heterocycles. The van der Waals surface area contributed by atoms with E-state index in [0.717, 1.165) is 13.1 Å². The first-order valence-corrected chi connectivity index (χ1v) is 8.12. The van der Waals surface area contributed by atoms with Gasteiger partial charge in [-0.2, -0.15) is 0 Å². The average Bonchev–Trinajstić information content (AvgIpc) is 2.44. The molecule has 3 unspecified atom stereocenters. The first kappa shape index (κ1) is 15.4. The normalized spacial score (nSPS) is 26.9. The highest BCUT2D eigenvalue weighted by atomic mass is 15.2. The largest absolute Gasteiger partial charge is 0.368 e. The lowest BCUT2D eigenvalue weighted by atomic mass is 9.86. The second kappa shape index (κ2) is 6.62. The Morgan fingerprint density at radius 3 is 2.60 bits per heavy atom. The van der Waals surface area contributed by atoms with E-state index in [1.54, 1.807) is 0 Å². The minimum atomic E-state index is 0.597. The van der Waals surface area contributed by atoms with Gasteiger partial charge in [-0.15, -0.1) is 0 Å². The Balaban J connectivity index is 2.09. The first-order chi connectivity index (χ1) is 9.54. The standard InChI is InChI=1S/C18H30N2/c1-6-10-19-18-9-11-20(16(5)15(18)4)17-8-7-13(2)14(3)12-17/h7-8,12,15-16,18-19H,6,9-11H2,1-5H3. The summed E-state index contributed by atoms with van der Waals surface area (Å²) in [7, 11) is 0. The Morgan fingerprint density at radius 2 is 1.95 bits per heavy atom. The molecular weight excluding hydrogens is 244 g/mol. The van der Waals surface area contributed by atoms with Crippen LogP contribution in [0.1, 0.15) is 44.7 Å². The summed E-state index contributed by atoms with van der Waals surface area (Å²) in [4.78, 5) is 2.58. The van der Waals surface area contributed by atoms with Crippen LogP contribution in [-0.4, -0.2) is 25.2 Å². The van der Waals surface area contributed by atoms with Crippen LogP contribution in [0.5, 0.6) is 0 Å². The smallest absolute Gasteiger partial charge is 0.0371 e.